The minimum atomic E-state index is -0.860. The molecule has 0 bridgehead atoms. The summed E-state index contributed by atoms with van der Waals surface area (Å²) in [6.07, 6.45) is 2.64. The molecule has 1 amide bonds. The van der Waals surface area contributed by atoms with Gasteiger partial charge in [-0.25, -0.2) is 4.98 Å². The summed E-state index contributed by atoms with van der Waals surface area (Å²) in [6, 6.07) is 1.66. The molecule has 2 N–H and O–H groups in total. The number of amides is 1. The number of fused-ring (bicyclic) bond motifs is 1. The summed E-state index contributed by atoms with van der Waals surface area (Å²) in [7, 11) is 1.83. The molecule has 3 rings (SSSR count). The number of nitrogens with zero attached hydrogens (tertiary/aromatic N) is 3. The van der Waals surface area contributed by atoms with Gasteiger partial charge in [0.05, 0.1) is 16.6 Å². The number of aromatic nitrogens is 3. The second-order valence-corrected chi connectivity index (χ2v) is 6.58. The van der Waals surface area contributed by atoms with E-state index >= 15 is 0 Å². The zero-order valence-corrected chi connectivity index (χ0v) is 14.2. The molecule has 0 saturated heterocycles. The summed E-state index contributed by atoms with van der Waals surface area (Å²) >= 11 is 0. The van der Waals surface area contributed by atoms with Crippen LogP contribution in [-0.2, 0) is 11.8 Å². The third-order valence-electron chi connectivity index (χ3n) is 4.40. The lowest BCUT2D eigenvalue weighted by molar-refractivity contribution is -0.137. The van der Waals surface area contributed by atoms with Gasteiger partial charge in [-0.05, 0) is 39.2 Å². The minimum Gasteiger partial charge on any atom is -0.481 e. The highest BCUT2D eigenvalue weighted by atomic mass is 16.4. The first-order valence-electron chi connectivity index (χ1n) is 8.23. The fourth-order valence-electron chi connectivity index (χ4n) is 2.95. The number of carbonyl (C=O) groups is 2. The van der Waals surface area contributed by atoms with Gasteiger partial charge in [0.2, 0.25) is 0 Å². The predicted octanol–water partition coefficient (Wildman–Crippen LogP) is 2.14. The molecule has 0 spiro atoms. The smallest absolute Gasteiger partial charge is 0.303 e. The van der Waals surface area contributed by atoms with Crippen molar-refractivity contribution in [2.24, 2.45) is 7.05 Å². The molecule has 128 valence electrons. The van der Waals surface area contributed by atoms with Gasteiger partial charge >= 0.3 is 5.97 Å². The van der Waals surface area contributed by atoms with Gasteiger partial charge in [-0.2, -0.15) is 5.10 Å². The van der Waals surface area contributed by atoms with Crippen molar-refractivity contribution in [2.45, 2.75) is 51.5 Å². The fourth-order valence-corrected chi connectivity index (χ4v) is 2.95. The first kappa shape index (κ1) is 16.4. The molecular formula is C17H22N4O3. The number of aryl methyl sites for hydroxylation is 2. The van der Waals surface area contributed by atoms with Crippen molar-refractivity contribution in [2.75, 3.05) is 0 Å². The number of aliphatic carboxylic acids is 1. The van der Waals surface area contributed by atoms with Crippen LogP contribution in [0.5, 0.6) is 0 Å². The number of nitrogens with one attached hydrogen (secondary N) is 1. The summed E-state index contributed by atoms with van der Waals surface area (Å²) in [5.74, 6) is -0.625. The summed E-state index contributed by atoms with van der Waals surface area (Å²) in [5, 5.41) is 16.8. The average Bonchev–Trinajstić information content (AvgIpc) is 3.32. The number of carboxylic acid groups (broad SMARTS) is 1. The fraction of sp³-hybridized carbons (Fsp3) is 0.529. The predicted molar refractivity (Wildman–Crippen MR) is 89.0 cm³/mol. The lowest BCUT2D eigenvalue weighted by Gasteiger charge is -2.14. The molecule has 24 heavy (non-hydrogen) atoms. The van der Waals surface area contributed by atoms with E-state index in [9.17, 15) is 9.59 Å². The number of hydrogen-bond acceptors (Lipinski definition) is 4. The van der Waals surface area contributed by atoms with Crippen molar-refractivity contribution in [3.05, 3.63) is 23.0 Å². The van der Waals surface area contributed by atoms with Gasteiger partial charge in [-0.15, -0.1) is 0 Å². The van der Waals surface area contributed by atoms with E-state index in [2.05, 4.69) is 15.4 Å². The molecule has 2 aromatic rings. The van der Waals surface area contributed by atoms with Crippen LogP contribution >= 0.6 is 0 Å². The largest absolute Gasteiger partial charge is 0.481 e. The Kier molecular flexibility index (Phi) is 4.26. The van der Waals surface area contributed by atoms with Crippen LogP contribution in [0.4, 0.5) is 0 Å². The first-order valence-corrected chi connectivity index (χ1v) is 8.23. The summed E-state index contributed by atoms with van der Waals surface area (Å²) in [5.41, 5.74) is 3.01. The minimum absolute atomic E-state index is 0.0342. The Morgan fingerprint density at radius 3 is 2.79 bits per heavy atom. The molecule has 1 aliphatic carbocycles. The van der Waals surface area contributed by atoms with Crippen LogP contribution in [0.1, 0.15) is 60.3 Å². The van der Waals surface area contributed by atoms with Gasteiger partial charge in [0.15, 0.2) is 5.65 Å². The van der Waals surface area contributed by atoms with Crippen molar-refractivity contribution in [3.63, 3.8) is 0 Å². The highest BCUT2D eigenvalue weighted by Crippen LogP contribution is 2.40. The Bertz CT molecular complexity index is 808. The quantitative estimate of drug-likeness (QED) is 0.846. The van der Waals surface area contributed by atoms with Gasteiger partial charge < -0.3 is 10.4 Å². The Morgan fingerprint density at radius 2 is 2.17 bits per heavy atom. The second-order valence-electron chi connectivity index (χ2n) is 6.58. The van der Waals surface area contributed by atoms with Gasteiger partial charge in [-0.3, -0.25) is 14.3 Å². The van der Waals surface area contributed by atoms with Gasteiger partial charge in [-0.1, -0.05) is 0 Å². The Labute approximate surface area is 140 Å². The zero-order chi connectivity index (χ0) is 17.4. The van der Waals surface area contributed by atoms with Crippen LogP contribution in [0.25, 0.3) is 11.0 Å². The van der Waals surface area contributed by atoms with Crippen LogP contribution in [0.2, 0.25) is 0 Å². The zero-order valence-electron chi connectivity index (χ0n) is 14.2. The number of hydrogen-bond donors (Lipinski definition) is 2. The molecule has 2 heterocycles. The number of carboxylic acids is 1. The maximum Gasteiger partial charge on any atom is 0.303 e. The van der Waals surface area contributed by atoms with Crippen molar-refractivity contribution in [3.8, 4) is 0 Å². The molecule has 0 radical (unpaired) electrons. The van der Waals surface area contributed by atoms with E-state index in [1.807, 2.05) is 27.0 Å². The van der Waals surface area contributed by atoms with Gasteiger partial charge in [0.25, 0.3) is 5.91 Å². The van der Waals surface area contributed by atoms with E-state index in [1.165, 1.54) is 0 Å². The highest BCUT2D eigenvalue weighted by molar-refractivity contribution is 6.06. The third-order valence-corrected chi connectivity index (χ3v) is 4.40. The average molecular weight is 330 g/mol. The summed E-state index contributed by atoms with van der Waals surface area (Å²) in [6.45, 7) is 3.68. The summed E-state index contributed by atoms with van der Waals surface area (Å²) < 4.78 is 1.71. The Balaban J connectivity index is 1.92. The number of rotatable bonds is 6. The van der Waals surface area contributed by atoms with E-state index in [0.29, 0.717) is 17.9 Å². The van der Waals surface area contributed by atoms with Crippen LogP contribution < -0.4 is 5.32 Å². The molecule has 7 heteroatoms. The molecule has 1 fully saturated rings. The second kappa shape index (κ2) is 6.22. The first-order chi connectivity index (χ1) is 11.4. The van der Waals surface area contributed by atoms with Crippen molar-refractivity contribution < 1.29 is 14.7 Å². The summed E-state index contributed by atoms with van der Waals surface area (Å²) in [4.78, 5) is 28.1. The topological polar surface area (TPSA) is 97.1 Å². The molecule has 1 atom stereocenters. The van der Waals surface area contributed by atoms with E-state index in [1.54, 1.807) is 4.68 Å². The third kappa shape index (κ3) is 3.25. The van der Waals surface area contributed by atoms with Crippen molar-refractivity contribution in [1.82, 2.24) is 20.1 Å². The maximum atomic E-state index is 12.7. The van der Waals surface area contributed by atoms with Crippen LogP contribution in [0.3, 0.4) is 0 Å². The normalized spacial score (nSPS) is 15.5. The van der Waals surface area contributed by atoms with Crippen molar-refractivity contribution >= 4 is 22.9 Å². The standard InChI is InChI=1S/C17H22N4O3/c1-9(4-7-14(22)23)18-17(24)12-8-13(11-5-6-11)19-16-15(12)10(2)20-21(16)3/h8-9,11H,4-7H2,1-3H3,(H,18,24)(H,22,23). The SMILES string of the molecule is Cc1nn(C)c2nc(C3CC3)cc(C(=O)NC(C)CCC(=O)O)c12. The molecular weight excluding hydrogens is 308 g/mol. The van der Waals surface area contributed by atoms with E-state index in [0.717, 1.165) is 35.3 Å². The lowest BCUT2D eigenvalue weighted by atomic mass is 10.1. The Hall–Kier alpha value is -2.44. The number of pyridine rings is 1. The molecule has 1 saturated carbocycles. The molecule has 1 unspecified atom stereocenters. The molecule has 0 aliphatic heterocycles. The highest BCUT2D eigenvalue weighted by Gasteiger charge is 2.28. The van der Waals surface area contributed by atoms with Crippen LogP contribution in [0, 0.1) is 6.92 Å². The molecule has 0 aromatic carbocycles. The van der Waals surface area contributed by atoms with E-state index in [-0.39, 0.29) is 18.4 Å². The molecule has 1 aliphatic rings. The lowest BCUT2D eigenvalue weighted by Crippen LogP contribution is -2.33. The maximum absolute atomic E-state index is 12.7. The van der Waals surface area contributed by atoms with E-state index in [4.69, 9.17) is 5.11 Å². The number of carbonyl (C=O) groups excluding carboxylic acids is 1. The van der Waals surface area contributed by atoms with Crippen LogP contribution in [-0.4, -0.2) is 37.8 Å². The Morgan fingerprint density at radius 1 is 1.46 bits per heavy atom. The monoisotopic (exact) mass is 330 g/mol. The molecule has 2 aromatic heterocycles. The van der Waals surface area contributed by atoms with E-state index < -0.39 is 5.97 Å². The van der Waals surface area contributed by atoms with Gasteiger partial charge in [0, 0.05) is 31.1 Å². The van der Waals surface area contributed by atoms with Crippen molar-refractivity contribution in [1.29, 1.82) is 0 Å². The van der Waals surface area contributed by atoms with Gasteiger partial charge in [0.1, 0.15) is 0 Å². The molecule has 7 nitrogen and oxygen atoms in total. The van der Waals surface area contributed by atoms with Crippen LogP contribution in [0.15, 0.2) is 6.07 Å².